The fraction of sp³-hybridized carbons (Fsp3) is 0.385. The number of rotatable bonds is 3. The second-order valence-electron chi connectivity index (χ2n) is 4.49. The van der Waals surface area contributed by atoms with E-state index in [1.807, 2.05) is 11.8 Å². The molecule has 1 fully saturated rings. The van der Waals surface area contributed by atoms with Gasteiger partial charge in [0.05, 0.1) is 5.56 Å². The number of amides is 2. The van der Waals surface area contributed by atoms with Gasteiger partial charge in [0.2, 0.25) is 0 Å². The predicted molar refractivity (Wildman–Crippen MR) is 76.0 cm³/mol. The Bertz CT molecular complexity index is 499. The smallest absolute Gasteiger partial charge is 0.336 e. The average Bonchev–Trinajstić information content (AvgIpc) is 2.84. The first-order chi connectivity index (χ1) is 9.06. The Balaban J connectivity index is 2.00. The van der Waals surface area contributed by atoms with Gasteiger partial charge < -0.3 is 15.7 Å². The summed E-state index contributed by atoms with van der Waals surface area (Å²) in [6.07, 6.45) is 0.979. The summed E-state index contributed by atoms with van der Waals surface area (Å²) in [4.78, 5) is 22.8. The number of aryl methyl sites for hydroxylation is 1. The summed E-state index contributed by atoms with van der Waals surface area (Å²) in [5, 5.41) is 14.6. The normalized spacial score (nSPS) is 18.1. The Morgan fingerprint density at radius 2 is 2.21 bits per heavy atom. The lowest BCUT2D eigenvalue weighted by Crippen LogP contribution is -2.37. The highest BCUT2D eigenvalue weighted by molar-refractivity contribution is 7.99. The second kappa shape index (κ2) is 5.97. The van der Waals surface area contributed by atoms with Gasteiger partial charge in [-0.25, -0.2) is 9.59 Å². The summed E-state index contributed by atoms with van der Waals surface area (Å²) in [6, 6.07) is 4.78. The van der Waals surface area contributed by atoms with E-state index < -0.39 is 5.97 Å². The number of thioether (sulfide) groups is 1. The molecule has 1 aliphatic heterocycles. The minimum absolute atomic E-state index is 0.203. The number of carbonyl (C=O) groups is 2. The van der Waals surface area contributed by atoms with E-state index in [-0.39, 0.29) is 17.6 Å². The number of anilines is 1. The van der Waals surface area contributed by atoms with Crippen LogP contribution in [0.5, 0.6) is 0 Å². The van der Waals surface area contributed by atoms with Crippen LogP contribution in [-0.4, -0.2) is 34.7 Å². The molecule has 5 nitrogen and oxygen atoms in total. The maximum Gasteiger partial charge on any atom is 0.336 e. The standard InChI is InChI=1S/C13H16N2O3S/c1-8-2-3-9(6-11(8)12(16)17)14-13(18)15-10-4-5-19-7-10/h2-3,6,10H,4-5,7H2,1H3,(H,16,17)(H2,14,15,18). The first-order valence-electron chi connectivity index (χ1n) is 6.05. The predicted octanol–water partition coefficient (Wildman–Crippen LogP) is 2.32. The van der Waals surface area contributed by atoms with Gasteiger partial charge in [0.15, 0.2) is 0 Å². The van der Waals surface area contributed by atoms with Crippen molar-refractivity contribution in [2.45, 2.75) is 19.4 Å². The molecule has 6 heteroatoms. The van der Waals surface area contributed by atoms with Crippen LogP contribution in [0, 0.1) is 6.92 Å². The maximum absolute atomic E-state index is 11.8. The van der Waals surface area contributed by atoms with Crippen molar-refractivity contribution in [3.8, 4) is 0 Å². The van der Waals surface area contributed by atoms with E-state index in [0.29, 0.717) is 11.3 Å². The van der Waals surface area contributed by atoms with E-state index in [0.717, 1.165) is 17.9 Å². The Morgan fingerprint density at radius 3 is 2.84 bits per heavy atom. The molecule has 1 atom stereocenters. The molecule has 0 aromatic heterocycles. The molecule has 3 N–H and O–H groups in total. The Labute approximate surface area is 115 Å². The van der Waals surface area contributed by atoms with E-state index in [1.54, 1.807) is 19.1 Å². The molecule has 1 aromatic carbocycles. The summed E-state index contributed by atoms with van der Waals surface area (Å²) in [5.41, 5.74) is 1.37. The Hall–Kier alpha value is -1.69. The lowest BCUT2D eigenvalue weighted by molar-refractivity contribution is 0.0696. The van der Waals surface area contributed by atoms with Gasteiger partial charge in [0, 0.05) is 17.5 Å². The van der Waals surface area contributed by atoms with Crippen LogP contribution in [0.25, 0.3) is 0 Å². The lowest BCUT2D eigenvalue weighted by Gasteiger charge is -2.13. The summed E-state index contributed by atoms with van der Waals surface area (Å²) in [6.45, 7) is 1.73. The van der Waals surface area contributed by atoms with Crippen LogP contribution >= 0.6 is 11.8 Å². The number of hydrogen-bond acceptors (Lipinski definition) is 3. The fourth-order valence-electron chi connectivity index (χ4n) is 1.93. The van der Waals surface area contributed by atoms with Gasteiger partial charge in [-0.3, -0.25) is 0 Å². The van der Waals surface area contributed by atoms with Crippen LogP contribution in [0.15, 0.2) is 18.2 Å². The quantitative estimate of drug-likeness (QED) is 0.794. The minimum atomic E-state index is -0.992. The summed E-state index contributed by atoms with van der Waals surface area (Å²) >= 11 is 1.82. The number of hydrogen-bond donors (Lipinski definition) is 3. The maximum atomic E-state index is 11.8. The number of urea groups is 1. The molecule has 19 heavy (non-hydrogen) atoms. The second-order valence-corrected chi connectivity index (χ2v) is 5.64. The van der Waals surface area contributed by atoms with Gasteiger partial charge in [0.1, 0.15) is 0 Å². The first-order valence-corrected chi connectivity index (χ1v) is 7.21. The molecule has 2 amide bonds. The van der Waals surface area contributed by atoms with E-state index in [2.05, 4.69) is 10.6 Å². The van der Waals surface area contributed by atoms with Gasteiger partial charge in [0.25, 0.3) is 0 Å². The highest BCUT2D eigenvalue weighted by Gasteiger charge is 2.17. The average molecular weight is 280 g/mol. The molecule has 1 unspecified atom stereocenters. The zero-order valence-electron chi connectivity index (χ0n) is 10.6. The van der Waals surface area contributed by atoms with Gasteiger partial charge in [-0.1, -0.05) is 6.07 Å². The van der Waals surface area contributed by atoms with Crippen molar-refractivity contribution in [2.75, 3.05) is 16.8 Å². The molecular formula is C13H16N2O3S. The van der Waals surface area contributed by atoms with Gasteiger partial charge >= 0.3 is 12.0 Å². The van der Waals surface area contributed by atoms with Crippen molar-refractivity contribution in [3.05, 3.63) is 29.3 Å². The third-order valence-corrected chi connectivity index (χ3v) is 4.15. The molecule has 1 aliphatic rings. The zero-order valence-corrected chi connectivity index (χ0v) is 11.4. The number of nitrogens with one attached hydrogen (secondary N) is 2. The molecule has 102 valence electrons. The van der Waals surface area contributed by atoms with Crippen molar-refractivity contribution >= 4 is 29.4 Å². The van der Waals surface area contributed by atoms with Crippen molar-refractivity contribution in [3.63, 3.8) is 0 Å². The van der Waals surface area contributed by atoms with Gasteiger partial charge in [-0.2, -0.15) is 11.8 Å². The number of aromatic carboxylic acids is 1. The molecule has 0 radical (unpaired) electrons. The third kappa shape index (κ3) is 3.64. The number of carboxylic acids is 1. The van der Waals surface area contributed by atoms with Crippen molar-refractivity contribution in [2.24, 2.45) is 0 Å². The van der Waals surface area contributed by atoms with E-state index in [9.17, 15) is 9.59 Å². The van der Waals surface area contributed by atoms with Crippen LogP contribution in [0.2, 0.25) is 0 Å². The topological polar surface area (TPSA) is 78.4 Å². The summed E-state index contributed by atoms with van der Waals surface area (Å²) in [5.74, 6) is 1.01. The van der Waals surface area contributed by atoms with Crippen molar-refractivity contribution in [1.82, 2.24) is 5.32 Å². The number of benzene rings is 1. The molecule has 1 heterocycles. The third-order valence-electron chi connectivity index (χ3n) is 2.99. The SMILES string of the molecule is Cc1ccc(NC(=O)NC2CCSC2)cc1C(=O)O. The Morgan fingerprint density at radius 1 is 1.42 bits per heavy atom. The molecule has 2 rings (SSSR count). The molecule has 0 bridgehead atoms. The van der Waals surface area contributed by atoms with Crippen molar-refractivity contribution < 1.29 is 14.7 Å². The molecular weight excluding hydrogens is 264 g/mol. The number of carbonyl (C=O) groups excluding carboxylic acids is 1. The molecule has 1 aromatic rings. The molecule has 0 saturated carbocycles. The van der Waals surface area contributed by atoms with E-state index in [4.69, 9.17) is 5.11 Å². The van der Waals surface area contributed by atoms with Crippen LogP contribution in [0.3, 0.4) is 0 Å². The first kappa shape index (κ1) is 13.7. The highest BCUT2D eigenvalue weighted by Crippen LogP contribution is 2.18. The van der Waals surface area contributed by atoms with Gasteiger partial charge in [-0.15, -0.1) is 0 Å². The fourth-order valence-corrected chi connectivity index (χ4v) is 3.08. The van der Waals surface area contributed by atoms with Crippen LogP contribution in [-0.2, 0) is 0 Å². The van der Waals surface area contributed by atoms with Crippen LogP contribution in [0.4, 0.5) is 10.5 Å². The minimum Gasteiger partial charge on any atom is -0.478 e. The number of carboxylic acid groups (broad SMARTS) is 1. The van der Waals surface area contributed by atoms with Crippen molar-refractivity contribution in [1.29, 1.82) is 0 Å². The van der Waals surface area contributed by atoms with Gasteiger partial charge in [-0.05, 0) is 36.8 Å². The van der Waals surface area contributed by atoms with Crippen LogP contribution in [0.1, 0.15) is 22.3 Å². The van der Waals surface area contributed by atoms with Crippen LogP contribution < -0.4 is 10.6 Å². The highest BCUT2D eigenvalue weighted by atomic mass is 32.2. The lowest BCUT2D eigenvalue weighted by atomic mass is 10.1. The monoisotopic (exact) mass is 280 g/mol. The Kier molecular flexibility index (Phi) is 4.31. The zero-order chi connectivity index (χ0) is 13.8. The van der Waals surface area contributed by atoms with E-state index in [1.165, 1.54) is 6.07 Å². The summed E-state index contributed by atoms with van der Waals surface area (Å²) < 4.78 is 0. The molecule has 1 saturated heterocycles. The largest absolute Gasteiger partial charge is 0.478 e. The molecule has 0 aliphatic carbocycles. The molecule has 0 spiro atoms. The summed E-state index contributed by atoms with van der Waals surface area (Å²) in [7, 11) is 0. The van der Waals surface area contributed by atoms with E-state index >= 15 is 0 Å².